The Morgan fingerprint density at radius 1 is 1.22 bits per heavy atom. The zero-order valence-corrected chi connectivity index (χ0v) is 11.7. The fraction of sp³-hybridized carbons (Fsp3) is 0.833. The molecule has 0 heterocycles. The van der Waals surface area contributed by atoms with Gasteiger partial charge in [-0.15, -0.1) is 0 Å². The average Bonchev–Trinajstić information content (AvgIpc) is 2.31. The molecule has 0 rings (SSSR count). The summed E-state index contributed by atoms with van der Waals surface area (Å²) in [7, 11) is 2.96. The predicted molar refractivity (Wildman–Crippen MR) is 68.2 cm³/mol. The fourth-order valence-electron chi connectivity index (χ4n) is 1.41. The van der Waals surface area contributed by atoms with Crippen LogP contribution >= 0.6 is 0 Å². The number of amides is 1. The summed E-state index contributed by atoms with van der Waals surface area (Å²) in [5, 5.41) is 2.81. The van der Waals surface area contributed by atoms with Crippen LogP contribution < -0.4 is 5.32 Å². The van der Waals surface area contributed by atoms with Crippen molar-refractivity contribution in [3.63, 3.8) is 0 Å². The van der Waals surface area contributed by atoms with Gasteiger partial charge in [-0.3, -0.25) is 14.5 Å². The smallest absolute Gasteiger partial charge is 0.306 e. The first-order chi connectivity index (χ1) is 8.49. The molecule has 1 amide bonds. The quantitative estimate of drug-likeness (QED) is 0.592. The van der Waals surface area contributed by atoms with Gasteiger partial charge in [-0.2, -0.15) is 0 Å². The lowest BCUT2D eigenvalue weighted by molar-refractivity contribution is -0.141. The maximum absolute atomic E-state index is 11.6. The molecule has 0 aromatic carbocycles. The number of esters is 1. The minimum atomic E-state index is -0.276. The Balaban J connectivity index is 4.12. The van der Waals surface area contributed by atoms with E-state index in [1.165, 1.54) is 7.11 Å². The highest BCUT2D eigenvalue weighted by Gasteiger charge is 2.13. The summed E-state index contributed by atoms with van der Waals surface area (Å²) >= 11 is 0. The van der Waals surface area contributed by atoms with E-state index in [9.17, 15) is 9.59 Å². The van der Waals surface area contributed by atoms with E-state index in [-0.39, 0.29) is 30.9 Å². The molecule has 0 atom stereocenters. The molecule has 0 fully saturated rings. The van der Waals surface area contributed by atoms with E-state index in [2.05, 4.69) is 10.1 Å². The molecular weight excluding hydrogens is 236 g/mol. The van der Waals surface area contributed by atoms with E-state index in [1.54, 1.807) is 7.11 Å². The van der Waals surface area contributed by atoms with Crippen LogP contribution in [0.25, 0.3) is 0 Å². The van der Waals surface area contributed by atoms with E-state index in [0.29, 0.717) is 19.7 Å². The van der Waals surface area contributed by atoms with Gasteiger partial charge >= 0.3 is 5.97 Å². The summed E-state index contributed by atoms with van der Waals surface area (Å²) in [6.45, 7) is 5.70. The molecule has 0 saturated carbocycles. The summed E-state index contributed by atoms with van der Waals surface area (Å²) in [6, 6.07) is 0.113. The number of carbonyl (C=O) groups excluding carboxylic acids is 2. The van der Waals surface area contributed by atoms with E-state index in [0.717, 1.165) is 0 Å². The normalized spacial score (nSPS) is 10.8. The Bertz CT molecular complexity index is 256. The standard InChI is InChI=1S/C12H24N2O4/c1-10(2)13-11(15)9-14(7-8-17-3)6-5-12(16)18-4/h10H,5-9H2,1-4H3,(H,13,15). The number of methoxy groups -OCH3 is 2. The molecule has 0 aliphatic heterocycles. The highest BCUT2D eigenvalue weighted by molar-refractivity contribution is 5.78. The molecule has 0 aromatic rings. The highest BCUT2D eigenvalue weighted by Crippen LogP contribution is 1.94. The SMILES string of the molecule is COCCN(CCC(=O)OC)CC(=O)NC(C)C. The summed E-state index contributed by atoms with van der Waals surface area (Å²) in [4.78, 5) is 24.6. The van der Waals surface area contributed by atoms with Crippen molar-refractivity contribution in [3.05, 3.63) is 0 Å². The van der Waals surface area contributed by atoms with Gasteiger partial charge in [0.2, 0.25) is 5.91 Å². The van der Waals surface area contributed by atoms with E-state index >= 15 is 0 Å². The molecule has 6 nitrogen and oxygen atoms in total. The highest BCUT2D eigenvalue weighted by atomic mass is 16.5. The molecule has 0 unspecified atom stereocenters. The summed E-state index contributed by atoms with van der Waals surface area (Å²) in [6.07, 6.45) is 0.273. The third kappa shape index (κ3) is 8.95. The Morgan fingerprint density at radius 2 is 1.89 bits per heavy atom. The lowest BCUT2D eigenvalue weighted by Crippen LogP contribution is -2.42. The Hall–Kier alpha value is -1.14. The van der Waals surface area contributed by atoms with Crippen molar-refractivity contribution < 1.29 is 19.1 Å². The first-order valence-corrected chi connectivity index (χ1v) is 6.07. The van der Waals surface area contributed by atoms with Gasteiger partial charge in [0.15, 0.2) is 0 Å². The van der Waals surface area contributed by atoms with Crippen LogP contribution in [0, 0.1) is 0 Å². The van der Waals surface area contributed by atoms with E-state index in [4.69, 9.17) is 4.74 Å². The predicted octanol–water partition coefficient (Wildman–Crippen LogP) is 0.0225. The minimum absolute atomic E-state index is 0.0500. The lowest BCUT2D eigenvalue weighted by atomic mass is 10.3. The average molecular weight is 260 g/mol. The summed E-state index contributed by atoms with van der Waals surface area (Å²) in [5.41, 5.74) is 0. The van der Waals surface area contributed by atoms with Gasteiger partial charge in [0.05, 0.1) is 26.7 Å². The van der Waals surface area contributed by atoms with Gasteiger partial charge in [0.1, 0.15) is 0 Å². The number of ether oxygens (including phenoxy) is 2. The van der Waals surface area contributed by atoms with Gasteiger partial charge in [-0.05, 0) is 13.8 Å². The minimum Gasteiger partial charge on any atom is -0.469 e. The van der Waals surface area contributed by atoms with Gasteiger partial charge in [0.25, 0.3) is 0 Å². The topological polar surface area (TPSA) is 67.9 Å². The molecule has 18 heavy (non-hydrogen) atoms. The van der Waals surface area contributed by atoms with Gasteiger partial charge in [-0.1, -0.05) is 0 Å². The van der Waals surface area contributed by atoms with Crippen LogP contribution in [0.15, 0.2) is 0 Å². The molecule has 0 spiro atoms. The summed E-state index contributed by atoms with van der Waals surface area (Å²) < 4.78 is 9.56. The van der Waals surface area contributed by atoms with Crippen LogP contribution in [0.1, 0.15) is 20.3 Å². The zero-order valence-electron chi connectivity index (χ0n) is 11.7. The third-order valence-electron chi connectivity index (χ3n) is 2.29. The van der Waals surface area contributed by atoms with Crippen LogP contribution in [-0.4, -0.2) is 63.3 Å². The number of hydrogen-bond acceptors (Lipinski definition) is 5. The van der Waals surface area contributed by atoms with Crippen LogP contribution in [0.2, 0.25) is 0 Å². The maximum atomic E-state index is 11.6. The second-order valence-electron chi connectivity index (χ2n) is 4.32. The number of hydrogen-bond donors (Lipinski definition) is 1. The molecule has 106 valence electrons. The van der Waals surface area contributed by atoms with Crippen LogP contribution in [0.3, 0.4) is 0 Å². The Kier molecular flexibility index (Phi) is 9.22. The molecule has 0 aliphatic carbocycles. The van der Waals surface area contributed by atoms with E-state index in [1.807, 2.05) is 18.7 Å². The van der Waals surface area contributed by atoms with Gasteiger partial charge in [0, 0.05) is 26.2 Å². The van der Waals surface area contributed by atoms with E-state index < -0.39 is 0 Å². The monoisotopic (exact) mass is 260 g/mol. The van der Waals surface area contributed by atoms with Crippen LogP contribution in [0.4, 0.5) is 0 Å². The van der Waals surface area contributed by atoms with Gasteiger partial charge in [-0.25, -0.2) is 0 Å². The van der Waals surface area contributed by atoms with Crippen molar-refractivity contribution in [2.45, 2.75) is 26.3 Å². The Morgan fingerprint density at radius 3 is 2.39 bits per heavy atom. The molecule has 1 N–H and O–H groups in total. The molecular formula is C12H24N2O4. The lowest BCUT2D eigenvalue weighted by Gasteiger charge is -2.21. The fourth-order valence-corrected chi connectivity index (χ4v) is 1.41. The first kappa shape index (κ1) is 16.9. The van der Waals surface area contributed by atoms with Crippen molar-refractivity contribution in [2.75, 3.05) is 40.5 Å². The largest absolute Gasteiger partial charge is 0.469 e. The number of nitrogens with zero attached hydrogens (tertiary/aromatic N) is 1. The second kappa shape index (κ2) is 9.85. The Labute approximate surface area is 109 Å². The zero-order chi connectivity index (χ0) is 14.0. The van der Waals surface area contributed by atoms with Crippen LogP contribution in [0.5, 0.6) is 0 Å². The maximum Gasteiger partial charge on any atom is 0.306 e. The molecule has 0 radical (unpaired) electrons. The summed E-state index contributed by atoms with van der Waals surface area (Å²) in [5.74, 6) is -0.326. The van der Waals surface area contributed by atoms with Crippen molar-refractivity contribution in [1.29, 1.82) is 0 Å². The number of rotatable bonds is 9. The molecule has 0 aromatic heterocycles. The van der Waals surface area contributed by atoms with Crippen molar-refractivity contribution in [3.8, 4) is 0 Å². The number of carbonyl (C=O) groups is 2. The third-order valence-corrected chi connectivity index (χ3v) is 2.29. The van der Waals surface area contributed by atoms with Gasteiger partial charge < -0.3 is 14.8 Å². The van der Waals surface area contributed by atoms with Crippen molar-refractivity contribution in [1.82, 2.24) is 10.2 Å². The van der Waals surface area contributed by atoms with Crippen molar-refractivity contribution in [2.24, 2.45) is 0 Å². The molecule has 0 saturated heterocycles. The first-order valence-electron chi connectivity index (χ1n) is 6.07. The number of nitrogens with one attached hydrogen (secondary N) is 1. The second-order valence-corrected chi connectivity index (χ2v) is 4.32. The van der Waals surface area contributed by atoms with Crippen LogP contribution in [-0.2, 0) is 19.1 Å². The van der Waals surface area contributed by atoms with Crippen molar-refractivity contribution >= 4 is 11.9 Å². The molecule has 0 bridgehead atoms. The molecule has 0 aliphatic rings. The molecule has 6 heteroatoms.